The van der Waals surface area contributed by atoms with Gasteiger partial charge in [0.05, 0.1) is 18.5 Å². The smallest absolute Gasteiger partial charge is 0.0903 e. The maximum absolute atomic E-state index is 9.14. The highest BCUT2D eigenvalue weighted by Gasteiger charge is 2.12. The minimum atomic E-state index is 0.0456. The lowest BCUT2D eigenvalue weighted by Gasteiger charge is -2.20. The number of aliphatic hydroxyl groups is 1. The second kappa shape index (κ2) is 6.85. The fourth-order valence-electron chi connectivity index (χ4n) is 1.05. The van der Waals surface area contributed by atoms with Gasteiger partial charge in [0.2, 0.25) is 0 Å². The van der Waals surface area contributed by atoms with E-state index in [0.29, 0.717) is 12.4 Å². The van der Waals surface area contributed by atoms with Crippen LogP contribution in [0.2, 0.25) is 0 Å². The Kier molecular flexibility index (Phi) is 6.58. The molecule has 2 atom stereocenters. The number of hydrogen-bond acceptors (Lipinski definition) is 3. The second-order valence-electron chi connectivity index (χ2n) is 3.83. The van der Waals surface area contributed by atoms with Gasteiger partial charge in [0.15, 0.2) is 0 Å². The molecule has 0 aliphatic heterocycles. The van der Waals surface area contributed by atoms with Crippen LogP contribution in [0, 0.1) is 0 Å². The van der Waals surface area contributed by atoms with Crippen LogP contribution in [-0.2, 0) is 4.74 Å². The van der Waals surface area contributed by atoms with E-state index >= 15 is 0 Å². The molecular formula is C11H23NO2. The van der Waals surface area contributed by atoms with E-state index < -0.39 is 0 Å². The van der Waals surface area contributed by atoms with Gasteiger partial charge >= 0.3 is 0 Å². The van der Waals surface area contributed by atoms with Crippen LogP contribution in [0.1, 0.15) is 40.5 Å². The molecule has 14 heavy (non-hydrogen) atoms. The van der Waals surface area contributed by atoms with Crippen LogP contribution in [0.15, 0.2) is 11.3 Å². The number of hydrogen-bond donors (Lipinski definition) is 2. The summed E-state index contributed by atoms with van der Waals surface area (Å²) in [5.41, 5.74) is 6.75. The van der Waals surface area contributed by atoms with E-state index in [-0.39, 0.29) is 12.1 Å². The Morgan fingerprint density at radius 2 is 2.00 bits per heavy atom. The van der Waals surface area contributed by atoms with Gasteiger partial charge in [0.25, 0.3) is 0 Å². The molecule has 0 amide bonds. The number of allylic oxidation sites excluding steroid dienone is 1. The van der Waals surface area contributed by atoms with E-state index in [2.05, 4.69) is 6.92 Å². The van der Waals surface area contributed by atoms with Crippen molar-refractivity contribution in [3.8, 4) is 0 Å². The molecule has 0 radical (unpaired) electrons. The first-order chi connectivity index (χ1) is 6.49. The van der Waals surface area contributed by atoms with E-state index in [1.165, 1.54) is 0 Å². The van der Waals surface area contributed by atoms with Crippen LogP contribution in [0.5, 0.6) is 0 Å². The molecule has 0 spiro atoms. The first-order valence-electron chi connectivity index (χ1n) is 5.21. The van der Waals surface area contributed by atoms with Gasteiger partial charge in [-0.15, -0.1) is 0 Å². The normalized spacial score (nSPS) is 17.5. The zero-order chi connectivity index (χ0) is 11.1. The van der Waals surface area contributed by atoms with Crippen LogP contribution in [0.25, 0.3) is 0 Å². The van der Waals surface area contributed by atoms with Crippen molar-refractivity contribution in [3.63, 3.8) is 0 Å². The molecule has 0 aromatic heterocycles. The summed E-state index contributed by atoms with van der Waals surface area (Å²) in [6.45, 7) is 8.06. The van der Waals surface area contributed by atoms with E-state index in [4.69, 9.17) is 15.6 Å². The molecular weight excluding hydrogens is 178 g/mol. The number of aliphatic hydroxyl groups excluding tert-OH is 1. The van der Waals surface area contributed by atoms with Crippen molar-refractivity contribution in [1.82, 2.24) is 0 Å². The molecule has 0 aliphatic rings. The average molecular weight is 201 g/mol. The Labute approximate surface area is 86.9 Å². The standard InChI is InChI=1S/C11H23NO2/c1-5-6-11(12)10(4)14-7-8(2)9(3)13/h10-11,13H,5-7,12H2,1-4H3/b9-8+. The van der Waals surface area contributed by atoms with Gasteiger partial charge in [0, 0.05) is 6.04 Å². The lowest BCUT2D eigenvalue weighted by atomic mass is 10.1. The molecule has 0 heterocycles. The minimum absolute atomic E-state index is 0.0456. The summed E-state index contributed by atoms with van der Waals surface area (Å²) in [5.74, 6) is 0.335. The number of nitrogens with two attached hydrogens (primary N) is 1. The molecule has 0 aromatic carbocycles. The highest BCUT2D eigenvalue weighted by molar-refractivity contribution is 5.01. The van der Waals surface area contributed by atoms with Crippen LogP contribution in [0.3, 0.4) is 0 Å². The zero-order valence-corrected chi connectivity index (χ0v) is 9.71. The topological polar surface area (TPSA) is 55.5 Å². The van der Waals surface area contributed by atoms with Crippen molar-refractivity contribution in [2.24, 2.45) is 5.73 Å². The maximum Gasteiger partial charge on any atom is 0.0903 e. The molecule has 3 N–H and O–H groups in total. The first kappa shape index (κ1) is 13.5. The predicted octanol–water partition coefficient (Wildman–Crippen LogP) is 2.37. The Hall–Kier alpha value is -0.540. The Balaban J connectivity index is 3.84. The van der Waals surface area contributed by atoms with Gasteiger partial charge in [-0.3, -0.25) is 0 Å². The summed E-state index contributed by atoms with van der Waals surface area (Å²) in [7, 11) is 0. The van der Waals surface area contributed by atoms with Crippen molar-refractivity contribution in [3.05, 3.63) is 11.3 Å². The van der Waals surface area contributed by atoms with Crippen LogP contribution in [0.4, 0.5) is 0 Å². The van der Waals surface area contributed by atoms with Crippen molar-refractivity contribution in [1.29, 1.82) is 0 Å². The largest absolute Gasteiger partial charge is 0.513 e. The monoisotopic (exact) mass is 201 g/mol. The van der Waals surface area contributed by atoms with Crippen molar-refractivity contribution >= 4 is 0 Å². The predicted molar refractivity (Wildman–Crippen MR) is 59.3 cm³/mol. The lowest BCUT2D eigenvalue weighted by molar-refractivity contribution is 0.0602. The molecule has 0 aromatic rings. The van der Waals surface area contributed by atoms with E-state index in [9.17, 15) is 0 Å². The summed E-state index contributed by atoms with van der Waals surface area (Å²) in [4.78, 5) is 0. The van der Waals surface area contributed by atoms with Gasteiger partial charge in [0.1, 0.15) is 0 Å². The minimum Gasteiger partial charge on any atom is -0.513 e. The van der Waals surface area contributed by atoms with Gasteiger partial charge in [-0.1, -0.05) is 13.3 Å². The zero-order valence-electron chi connectivity index (χ0n) is 9.71. The first-order valence-corrected chi connectivity index (χ1v) is 5.21. The average Bonchev–Trinajstić information content (AvgIpc) is 2.13. The lowest BCUT2D eigenvalue weighted by Crippen LogP contribution is -2.34. The third kappa shape index (κ3) is 5.25. The Morgan fingerprint density at radius 3 is 2.43 bits per heavy atom. The van der Waals surface area contributed by atoms with E-state index in [0.717, 1.165) is 18.4 Å². The second-order valence-corrected chi connectivity index (χ2v) is 3.83. The SMILES string of the molecule is CCCC(N)C(C)OC/C(C)=C(\C)O. The van der Waals surface area contributed by atoms with Gasteiger partial charge < -0.3 is 15.6 Å². The summed E-state index contributed by atoms with van der Waals surface area (Å²) in [5, 5.41) is 9.14. The summed E-state index contributed by atoms with van der Waals surface area (Å²) >= 11 is 0. The fourth-order valence-corrected chi connectivity index (χ4v) is 1.05. The van der Waals surface area contributed by atoms with Gasteiger partial charge in [-0.25, -0.2) is 0 Å². The molecule has 0 fully saturated rings. The third-order valence-electron chi connectivity index (χ3n) is 2.41. The van der Waals surface area contributed by atoms with E-state index in [1.54, 1.807) is 6.92 Å². The maximum atomic E-state index is 9.14. The molecule has 0 saturated heterocycles. The molecule has 3 heteroatoms. The molecule has 3 nitrogen and oxygen atoms in total. The highest BCUT2D eigenvalue weighted by Crippen LogP contribution is 2.07. The van der Waals surface area contributed by atoms with Crippen molar-refractivity contribution in [2.45, 2.75) is 52.7 Å². The summed E-state index contributed by atoms with van der Waals surface area (Å²) in [6, 6.07) is 0.0896. The molecule has 0 rings (SSSR count). The summed E-state index contributed by atoms with van der Waals surface area (Å²) < 4.78 is 5.54. The van der Waals surface area contributed by atoms with Crippen molar-refractivity contribution < 1.29 is 9.84 Å². The third-order valence-corrected chi connectivity index (χ3v) is 2.41. The van der Waals surface area contributed by atoms with E-state index in [1.807, 2.05) is 13.8 Å². The summed E-state index contributed by atoms with van der Waals surface area (Å²) in [6.07, 6.45) is 2.09. The van der Waals surface area contributed by atoms with Crippen LogP contribution in [-0.4, -0.2) is 23.9 Å². The molecule has 2 unspecified atom stereocenters. The van der Waals surface area contributed by atoms with Crippen LogP contribution < -0.4 is 5.73 Å². The molecule has 84 valence electrons. The number of ether oxygens (including phenoxy) is 1. The Morgan fingerprint density at radius 1 is 1.43 bits per heavy atom. The quantitative estimate of drug-likeness (QED) is 0.649. The van der Waals surface area contributed by atoms with Crippen LogP contribution >= 0.6 is 0 Å². The molecule has 0 saturated carbocycles. The fraction of sp³-hybridized carbons (Fsp3) is 0.818. The highest BCUT2D eigenvalue weighted by atomic mass is 16.5. The van der Waals surface area contributed by atoms with Gasteiger partial charge in [-0.2, -0.15) is 0 Å². The Bertz CT molecular complexity index is 186. The van der Waals surface area contributed by atoms with Gasteiger partial charge in [-0.05, 0) is 32.8 Å². The molecule has 0 bridgehead atoms. The van der Waals surface area contributed by atoms with Crippen molar-refractivity contribution in [2.75, 3.05) is 6.61 Å². The molecule has 0 aliphatic carbocycles. The number of rotatable bonds is 6.